The summed E-state index contributed by atoms with van der Waals surface area (Å²) in [6, 6.07) is 4.65. The van der Waals surface area contributed by atoms with E-state index in [0.717, 1.165) is 19.3 Å². The van der Waals surface area contributed by atoms with E-state index in [2.05, 4.69) is 12.2 Å². The van der Waals surface area contributed by atoms with Crippen LogP contribution in [-0.4, -0.2) is 20.4 Å². The van der Waals surface area contributed by atoms with Gasteiger partial charge in [0.05, 0.1) is 4.90 Å². The van der Waals surface area contributed by atoms with Gasteiger partial charge in [0.2, 0.25) is 10.0 Å². The van der Waals surface area contributed by atoms with Gasteiger partial charge in [0, 0.05) is 11.6 Å². The summed E-state index contributed by atoms with van der Waals surface area (Å²) in [6.07, 6.45) is 4.26. The van der Waals surface area contributed by atoms with E-state index in [0.29, 0.717) is 17.0 Å². The second kappa shape index (κ2) is 6.15. The largest absolute Gasteiger partial charge is 0.349 e. The van der Waals surface area contributed by atoms with Crippen molar-refractivity contribution in [1.29, 1.82) is 0 Å². The summed E-state index contributed by atoms with van der Waals surface area (Å²) in [5, 5.41) is 8.13. The minimum Gasteiger partial charge on any atom is -0.349 e. The lowest BCUT2D eigenvalue weighted by atomic mass is 9.87. The van der Waals surface area contributed by atoms with Crippen LogP contribution in [0.4, 0.5) is 0 Å². The number of carbonyl (C=O) groups is 1. The fourth-order valence-electron chi connectivity index (χ4n) is 2.88. The molecule has 1 aromatic carbocycles. The second-order valence-electron chi connectivity index (χ2n) is 6.02. The Balaban J connectivity index is 2.17. The first-order valence-electron chi connectivity index (χ1n) is 7.21. The molecule has 2 unspecified atom stereocenters. The molecular formula is C15H22N2O3S. The van der Waals surface area contributed by atoms with Gasteiger partial charge in [-0.15, -0.1) is 0 Å². The molecule has 0 aromatic heterocycles. The number of nitrogens with one attached hydrogen (secondary N) is 1. The van der Waals surface area contributed by atoms with Gasteiger partial charge >= 0.3 is 0 Å². The maximum absolute atomic E-state index is 12.3. The van der Waals surface area contributed by atoms with Crippen LogP contribution in [0, 0.1) is 12.8 Å². The van der Waals surface area contributed by atoms with Crippen LogP contribution < -0.4 is 10.5 Å². The molecule has 2 atom stereocenters. The third-order valence-corrected chi connectivity index (χ3v) is 4.81. The minimum atomic E-state index is -3.80. The Morgan fingerprint density at radius 3 is 2.62 bits per heavy atom. The van der Waals surface area contributed by atoms with E-state index in [-0.39, 0.29) is 16.8 Å². The maximum Gasteiger partial charge on any atom is 0.251 e. The van der Waals surface area contributed by atoms with E-state index >= 15 is 0 Å². The number of amides is 1. The number of aryl methyl sites for hydroxylation is 1. The zero-order valence-electron chi connectivity index (χ0n) is 12.4. The number of carbonyl (C=O) groups excluding carboxylic acids is 1. The standard InChI is InChI=1S/C15H22N2O3S/c1-10-4-3-5-13(7-10)17-15(18)12-6-11(2)8-14(9-12)21(16,19)20/h6,8-10,13H,3-5,7H2,1-2H3,(H,17,18)(H2,16,19,20). The van der Waals surface area contributed by atoms with E-state index in [1.54, 1.807) is 13.0 Å². The average Bonchev–Trinajstić information content (AvgIpc) is 2.37. The Labute approximate surface area is 126 Å². The molecule has 0 aliphatic heterocycles. The molecule has 1 saturated carbocycles. The number of sulfonamides is 1. The maximum atomic E-state index is 12.3. The van der Waals surface area contributed by atoms with E-state index in [9.17, 15) is 13.2 Å². The molecule has 5 nitrogen and oxygen atoms in total. The number of primary sulfonamides is 1. The summed E-state index contributed by atoms with van der Waals surface area (Å²) in [4.78, 5) is 12.3. The lowest BCUT2D eigenvalue weighted by Gasteiger charge is -2.27. The fraction of sp³-hybridized carbons (Fsp3) is 0.533. The van der Waals surface area contributed by atoms with Crippen molar-refractivity contribution in [3.63, 3.8) is 0 Å². The van der Waals surface area contributed by atoms with Crippen LogP contribution >= 0.6 is 0 Å². The van der Waals surface area contributed by atoms with Crippen LogP contribution in [0.5, 0.6) is 0 Å². The number of nitrogens with two attached hydrogens (primary N) is 1. The van der Waals surface area contributed by atoms with E-state index in [4.69, 9.17) is 5.14 Å². The molecule has 1 amide bonds. The molecule has 1 aliphatic carbocycles. The monoisotopic (exact) mass is 310 g/mol. The summed E-state index contributed by atoms with van der Waals surface area (Å²) >= 11 is 0. The SMILES string of the molecule is Cc1cc(C(=O)NC2CCCC(C)C2)cc(S(N)(=O)=O)c1. The first-order chi connectivity index (χ1) is 9.75. The molecule has 0 spiro atoms. The summed E-state index contributed by atoms with van der Waals surface area (Å²) in [5.74, 6) is 0.379. The molecule has 1 aliphatic rings. The first kappa shape index (κ1) is 16.0. The Kier molecular flexibility index (Phi) is 4.68. The predicted octanol–water partition coefficient (Wildman–Crippen LogP) is 1.95. The molecule has 0 heterocycles. The molecule has 0 radical (unpaired) electrons. The minimum absolute atomic E-state index is 0.0235. The Hall–Kier alpha value is -1.40. The summed E-state index contributed by atoms with van der Waals surface area (Å²) in [7, 11) is -3.80. The zero-order valence-corrected chi connectivity index (χ0v) is 13.2. The first-order valence-corrected chi connectivity index (χ1v) is 8.75. The normalized spacial score (nSPS) is 22.8. The lowest BCUT2D eigenvalue weighted by molar-refractivity contribution is 0.0921. The fourth-order valence-corrected chi connectivity index (χ4v) is 3.52. The van der Waals surface area contributed by atoms with Crippen molar-refractivity contribution >= 4 is 15.9 Å². The van der Waals surface area contributed by atoms with E-state index < -0.39 is 10.0 Å². The van der Waals surface area contributed by atoms with Crippen molar-refractivity contribution in [3.05, 3.63) is 29.3 Å². The summed E-state index contributed by atoms with van der Waals surface area (Å²) < 4.78 is 22.9. The summed E-state index contributed by atoms with van der Waals surface area (Å²) in [5.41, 5.74) is 1.04. The van der Waals surface area contributed by atoms with E-state index in [1.807, 2.05) is 0 Å². The molecular weight excluding hydrogens is 288 g/mol. The van der Waals surface area contributed by atoms with Gasteiger partial charge in [-0.3, -0.25) is 4.79 Å². The van der Waals surface area contributed by atoms with Gasteiger partial charge < -0.3 is 5.32 Å². The molecule has 1 aromatic rings. The summed E-state index contributed by atoms with van der Waals surface area (Å²) in [6.45, 7) is 3.93. The van der Waals surface area contributed by atoms with Crippen LogP contribution in [0.25, 0.3) is 0 Å². The van der Waals surface area contributed by atoms with Crippen molar-refractivity contribution in [3.8, 4) is 0 Å². The van der Waals surface area contributed by atoms with Gasteiger partial charge in [-0.2, -0.15) is 0 Å². The highest BCUT2D eigenvalue weighted by molar-refractivity contribution is 7.89. The van der Waals surface area contributed by atoms with Gasteiger partial charge in [0.15, 0.2) is 0 Å². The van der Waals surface area contributed by atoms with Gasteiger partial charge in [-0.05, 0) is 49.4 Å². The van der Waals surface area contributed by atoms with Gasteiger partial charge in [-0.1, -0.05) is 19.8 Å². The predicted molar refractivity (Wildman–Crippen MR) is 81.4 cm³/mol. The Bertz CT molecular complexity index is 640. The molecule has 6 heteroatoms. The Morgan fingerprint density at radius 1 is 1.29 bits per heavy atom. The molecule has 3 N–H and O–H groups in total. The highest BCUT2D eigenvalue weighted by Gasteiger charge is 2.21. The number of rotatable bonds is 3. The highest BCUT2D eigenvalue weighted by Crippen LogP contribution is 2.24. The molecule has 1 fully saturated rings. The second-order valence-corrected chi connectivity index (χ2v) is 7.58. The molecule has 0 bridgehead atoms. The topological polar surface area (TPSA) is 89.3 Å². The smallest absolute Gasteiger partial charge is 0.251 e. The van der Waals surface area contributed by atoms with Crippen molar-refractivity contribution in [1.82, 2.24) is 5.32 Å². The number of benzene rings is 1. The van der Waals surface area contributed by atoms with Crippen LogP contribution in [-0.2, 0) is 10.0 Å². The average molecular weight is 310 g/mol. The van der Waals surface area contributed by atoms with Crippen molar-refractivity contribution in [2.24, 2.45) is 11.1 Å². The quantitative estimate of drug-likeness (QED) is 0.894. The van der Waals surface area contributed by atoms with Gasteiger partial charge in [0.25, 0.3) is 5.91 Å². The van der Waals surface area contributed by atoms with Crippen molar-refractivity contribution < 1.29 is 13.2 Å². The number of hydrogen-bond acceptors (Lipinski definition) is 3. The third kappa shape index (κ3) is 4.28. The number of hydrogen-bond donors (Lipinski definition) is 2. The lowest BCUT2D eigenvalue weighted by Crippen LogP contribution is -2.38. The Morgan fingerprint density at radius 2 is 2.00 bits per heavy atom. The molecule has 21 heavy (non-hydrogen) atoms. The van der Waals surface area contributed by atoms with Gasteiger partial charge in [0.1, 0.15) is 0 Å². The molecule has 0 saturated heterocycles. The third-order valence-electron chi connectivity index (χ3n) is 3.91. The van der Waals surface area contributed by atoms with E-state index in [1.165, 1.54) is 18.6 Å². The van der Waals surface area contributed by atoms with Gasteiger partial charge in [-0.25, -0.2) is 13.6 Å². The molecule has 116 valence electrons. The highest BCUT2D eigenvalue weighted by atomic mass is 32.2. The van der Waals surface area contributed by atoms with Crippen molar-refractivity contribution in [2.45, 2.75) is 50.5 Å². The zero-order chi connectivity index (χ0) is 15.6. The van der Waals surface area contributed by atoms with Crippen LogP contribution in [0.2, 0.25) is 0 Å². The van der Waals surface area contributed by atoms with Crippen LogP contribution in [0.3, 0.4) is 0 Å². The van der Waals surface area contributed by atoms with Crippen LogP contribution in [0.15, 0.2) is 23.1 Å². The molecule has 2 rings (SSSR count). The van der Waals surface area contributed by atoms with Crippen LogP contribution in [0.1, 0.15) is 48.5 Å². The van der Waals surface area contributed by atoms with Crippen molar-refractivity contribution in [2.75, 3.05) is 0 Å².